The number of nitrogens with zero attached hydrogens (tertiary/aromatic N) is 1. The van der Waals surface area contributed by atoms with Crippen molar-refractivity contribution in [1.82, 2.24) is 4.90 Å². The van der Waals surface area contributed by atoms with Crippen molar-refractivity contribution in [3.8, 4) is 0 Å². The minimum atomic E-state index is -0.180. The van der Waals surface area contributed by atoms with Crippen LogP contribution >= 0.6 is 0 Å². The Morgan fingerprint density at radius 2 is 1.56 bits per heavy atom. The molecular weight excluding hydrogens is 202 g/mol. The van der Waals surface area contributed by atoms with E-state index in [1.54, 1.807) is 0 Å². The topological polar surface area (TPSA) is 29.5 Å². The number of carbonyl (C=O) groups is 1. The van der Waals surface area contributed by atoms with Crippen molar-refractivity contribution < 1.29 is 9.53 Å². The molecule has 3 heteroatoms. The summed E-state index contributed by atoms with van der Waals surface area (Å²) in [7, 11) is 1.45. The van der Waals surface area contributed by atoms with Crippen LogP contribution < -0.4 is 0 Å². The molecule has 1 amide bonds. The number of rotatable bonds is 2. The quantitative estimate of drug-likeness (QED) is 0.725. The van der Waals surface area contributed by atoms with Gasteiger partial charge in [0.1, 0.15) is 0 Å². The minimum Gasteiger partial charge on any atom is -0.453 e. The van der Waals surface area contributed by atoms with E-state index in [4.69, 9.17) is 4.74 Å². The third-order valence-electron chi connectivity index (χ3n) is 4.43. The Bertz CT molecular complexity index is 230. The Kier molecular flexibility index (Phi) is 4.22. The summed E-state index contributed by atoms with van der Waals surface area (Å²) in [5.41, 5.74) is 0.393. The van der Waals surface area contributed by atoms with Gasteiger partial charge in [-0.15, -0.1) is 0 Å². The second-order valence-electron chi connectivity index (χ2n) is 5.50. The molecule has 0 bridgehead atoms. The summed E-state index contributed by atoms with van der Waals surface area (Å²) in [5, 5.41) is 0. The lowest BCUT2D eigenvalue weighted by molar-refractivity contribution is 0.0186. The Balaban J connectivity index is 2.67. The summed E-state index contributed by atoms with van der Waals surface area (Å²) in [4.78, 5) is 13.2. The normalized spacial score (nSPS) is 20.3. The molecule has 1 saturated heterocycles. The van der Waals surface area contributed by atoms with E-state index in [0.717, 1.165) is 25.9 Å². The highest BCUT2D eigenvalue weighted by molar-refractivity contribution is 5.67. The molecule has 0 aromatic carbocycles. The fraction of sp³-hybridized carbons (Fsp3) is 0.923. The van der Waals surface area contributed by atoms with Gasteiger partial charge in [-0.3, -0.25) is 0 Å². The van der Waals surface area contributed by atoms with Crippen LogP contribution in [-0.4, -0.2) is 31.2 Å². The summed E-state index contributed by atoms with van der Waals surface area (Å²) in [6.45, 7) is 10.9. The summed E-state index contributed by atoms with van der Waals surface area (Å²) in [6, 6.07) is 0. The van der Waals surface area contributed by atoms with Gasteiger partial charge in [0, 0.05) is 13.1 Å². The lowest BCUT2D eigenvalue weighted by Gasteiger charge is -2.47. The molecule has 0 aromatic heterocycles. The molecule has 1 fully saturated rings. The summed E-state index contributed by atoms with van der Waals surface area (Å²) in [5.74, 6) is 1.35. The van der Waals surface area contributed by atoms with Crippen molar-refractivity contribution >= 4 is 6.09 Å². The van der Waals surface area contributed by atoms with Gasteiger partial charge in [-0.1, -0.05) is 27.7 Å². The van der Waals surface area contributed by atoms with Gasteiger partial charge in [-0.25, -0.2) is 4.79 Å². The molecule has 0 radical (unpaired) electrons. The third-order valence-corrected chi connectivity index (χ3v) is 4.43. The van der Waals surface area contributed by atoms with Gasteiger partial charge in [-0.2, -0.15) is 0 Å². The van der Waals surface area contributed by atoms with Gasteiger partial charge in [-0.05, 0) is 30.1 Å². The molecule has 1 aliphatic heterocycles. The first-order chi connectivity index (χ1) is 7.44. The molecule has 0 N–H and O–H groups in total. The van der Waals surface area contributed by atoms with Crippen molar-refractivity contribution in [3.05, 3.63) is 0 Å². The summed E-state index contributed by atoms with van der Waals surface area (Å²) < 4.78 is 4.77. The number of ether oxygens (including phenoxy) is 1. The van der Waals surface area contributed by atoms with Crippen LogP contribution in [-0.2, 0) is 4.74 Å². The number of amides is 1. The van der Waals surface area contributed by atoms with Crippen LogP contribution in [0.5, 0.6) is 0 Å². The second-order valence-corrected chi connectivity index (χ2v) is 5.50. The highest BCUT2D eigenvalue weighted by Crippen LogP contribution is 2.45. The van der Waals surface area contributed by atoms with Crippen molar-refractivity contribution in [2.24, 2.45) is 17.3 Å². The monoisotopic (exact) mass is 227 g/mol. The Labute approximate surface area is 99.1 Å². The fourth-order valence-electron chi connectivity index (χ4n) is 3.06. The standard InChI is InChI=1S/C13H25NO2/c1-10(2)13(11(3)4)6-8-14(9-7-13)12(15)16-5/h10-11H,6-9H2,1-5H3. The van der Waals surface area contributed by atoms with Crippen LogP contribution in [0.15, 0.2) is 0 Å². The van der Waals surface area contributed by atoms with E-state index >= 15 is 0 Å². The summed E-state index contributed by atoms with van der Waals surface area (Å²) >= 11 is 0. The molecule has 1 aliphatic rings. The smallest absolute Gasteiger partial charge is 0.409 e. The molecular formula is C13H25NO2. The SMILES string of the molecule is COC(=O)N1CCC(C(C)C)(C(C)C)CC1. The molecule has 94 valence electrons. The van der Waals surface area contributed by atoms with Crippen LogP contribution in [0.1, 0.15) is 40.5 Å². The van der Waals surface area contributed by atoms with E-state index in [0.29, 0.717) is 17.3 Å². The number of hydrogen-bond acceptors (Lipinski definition) is 2. The maximum Gasteiger partial charge on any atom is 0.409 e. The lowest BCUT2D eigenvalue weighted by Crippen LogP contribution is -2.47. The second kappa shape index (κ2) is 5.07. The summed E-state index contributed by atoms with van der Waals surface area (Å²) in [6.07, 6.45) is 2.01. The van der Waals surface area contributed by atoms with Gasteiger partial charge in [0.15, 0.2) is 0 Å². The maximum absolute atomic E-state index is 11.4. The van der Waals surface area contributed by atoms with Crippen molar-refractivity contribution in [1.29, 1.82) is 0 Å². The first-order valence-corrected chi connectivity index (χ1v) is 6.27. The number of piperidine rings is 1. The third kappa shape index (κ3) is 2.33. The zero-order chi connectivity index (χ0) is 12.3. The first kappa shape index (κ1) is 13.3. The molecule has 3 nitrogen and oxygen atoms in total. The first-order valence-electron chi connectivity index (χ1n) is 6.27. The predicted molar refractivity (Wildman–Crippen MR) is 65.3 cm³/mol. The van der Waals surface area contributed by atoms with E-state index in [9.17, 15) is 4.79 Å². The molecule has 0 aromatic rings. The Morgan fingerprint density at radius 1 is 1.12 bits per heavy atom. The Hall–Kier alpha value is -0.730. The number of carbonyl (C=O) groups excluding carboxylic acids is 1. The van der Waals surface area contributed by atoms with Crippen LogP contribution in [0.2, 0.25) is 0 Å². The van der Waals surface area contributed by atoms with E-state index in [-0.39, 0.29) is 6.09 Å². The molecule has 0 unspecified atom stereocenters. The van der Waals surface area contributed by atoms with E-state index < -0.39 is 0 Å². The van der Waals surface area contributed by atoms with Crippen molar-refractivity contribution in [2.45, 2.75) is 40.5 Å². The molecule has 0 atom stereocenters. The zero-order valence-corrected chi connectivity index (χ0v) is 11.2. The average molecular weight is 227 g/mol. The van der Waals surface area contributed by atoms with Crippen LogP contribution in [0.25, 0.3) is 0 Å². The molecule has 0 aliphatic carbocycles. The Morgan fingerprint density at radius 3 is 1.88 bits per heavy atom. The average Bonchev–Trinajstić information content (AvgIpc) is 2.27. The van der Waals surface area contributed by atoms with Gasteiger partial charge in [0.2, 0.25) is 0 Å². The van der Waals surface area contributed by atoms with Gasteiger partial charge in [0.05, 0.1) is 7.11 Å². The van der Waals surface area contributed by atoms with Gasteiger partial charge in [0.25, 0.3) is 0 Å². The molecule has 1 heterocycles. The molecule has 0 spiro atoms. The van der Waals surface area contributed by atoms with Gasteiger partial charge < -0.3 is 9.64 Å². The predicted octanol–water partition coefficient (Wildman–Crippen LogP) is 3.15. The van der Waals surface area contributed by atoms with Crippen LogP contribution in [0.4, 0.5) is 4.79 Å². The van der Waals surface area contributed by atoms with Crippen LogP contribution in [0, 0.1) is 17.3 Å². The number of likely N-dealkylation sites (tertiary alicyclic amines) is 1. The van der Waals surface area contributed by atoms with E-state index in [1.165, 1.54) is 7.11 Å². The van der Waals surface area contributed by atoms with E-state index in [1.807, 2.05) is 4.90 Å². The van der Waals surface area contributed by atoms with E-state index in [2.05, 4.69) is 27.7 Å². The zero-order valence-electron chi connectivity index (χ0n) is 11.2. The molecule has 1 rings (SSSR count). The lowest BCUT2D eigenvalue weighted by atomic mass is 9.63. The fourth-order valence-corrected chi connectivity index (χ4v) is 3.06. The largest absolute Gasteiger partial charge is 0.453 e. The molecule has 16 heavy (non-hydrogen) atoms. The number of hydrogen-bond donors (Lipinski definition) is 0. The number of methoxy groups -OCH3 is 1. The van der Waals surface area contributed by atoms with Gasteiger partial charge >= 0.3 is 6.09 Å². The molecule has 0 saturated carbocycles. The van der Waals surface area contributed by atoms with Crippen molar-refractivity contribution in [3.63, 3.8) is 0 Å². The van der Waals surface area contributed by atoms with Crippen LogP contribution in [0.3, 0.4) is 0 Å². The van der Waals surface area contributed by atoms with Crippen molar-refractivity contribution in [2.75, 3.05) is 20.2 Å². The highest BCUT2D eigenvalue weighted by Gasteiger charge is 2.40. The highest BCUT2D eigenvalue weighted by atomic mass is 16.5. The minimum absolute atomic E-state index is 0.180. The maximum atomic E-state index is 11.4.